The molecule has 8 heterocycles. The smallest absolute Gasteiger partial charge is 0.202 e. The van der Waals surface area contributed by atoms with Crippen LogP contribution in [0.1, 0.15) is 25.7 Å². The Kier molecular flexibility index (Phi) is 7.41. The number of anilines is 2. The van der Waals surface area contributed by atoms with Gasteiger partial charge < -0.3 is 9.80 Å². The molecular formula is C44H40N10. The molecule has 11 rings (SSSR count). The van der Waals surface area contributed by atoms with E-state index in [0.717, 1.165) is 168 Å². The van der Waals surface area contributed by atoms with Crippen molar-refractivity contribution < 1.29 is 0 Å². The maximum atomic E-state index is 5.23. The maximum absolute atomic E-state index is 5.23. The van der Waals surface area contributed by atoms with E-state index >= 15 is 0 Å². The predicted octanol–water partition coefficient (Wildman–Crippen LogP) is 7.76. The molecule has 4 aromatic heterocycles. The molecule has 7 aromatic rings. The summed E-state index contributed by atoms with van der Waals surface area (Å²) in [6.07, 6.45) is 4.43. The van der Waals surface area contributed by atoms with Crippen molar-refractivity contribution in [3.63, 3.8) is 0 Å². The van der Waals surface area contributed by atoms with Crippen LogP contribution in [0.3, 0.4) is 0 Å². The fourth-order valence-corrected chi connectivity index (χ4v) is 8.64. The van der Waals surface area contributed by atoms with Gasteiger partial charge in [0.05, 0.1) is 33.5 Å². The van der Waals surface area contributed by atoms with E-state index < -0.39 is 0 Å². The Hall–Kier alpha value is -6.16. The molecule has 3 aromatic carbocycles. The SMILES string of the molecule is c1cc(-c2ccc3ccc4ccc(N5CCCN6CCCN=C65)nc4c3n2)ccc1-c1ccc2ccc3ccc(N4CCCN5CCCN=C54)nc3c2n1. The molecular weight excluding hydrogens is 669 g/mol. The fourth-order valence-electron chi connectivity index (χ4n) is 8.64. The van der Waals surface area contributed by atoms with Gasteiger partial charge in [-0.1, -0.05) is 60.7 Å². The van der Waals surface area contributed by atoms with Crippen LogP contribution in [0.2, 0.25) is 0 Å². The molecule has 4 aliphatic heterocycles. The Morgan fingerprint density at radius 3 is 1.17 bits per heavy atom. The molecule has 0 atom stereocenters. The van der Waals surface area contributed by atoms with Crippen molar-refractivity contribution in [1.82, 2.24) is 29.7 Å². The molecule has 2 saturated heterocycles. The average molecular weight is 709 g/mol. The third kappa shape index (κ3) is 5.30. The molecule has 0 aliphatic carbocycles. The number of hydrogen-bond acceptors (Lipinski definition) is 10. The first kappa shape index (κ1) is 31.4. The molecule has 10 nitrogen and oxygen atoms in total. The van der Waals surface area contributed by atoms with Crippen LogP contribution in [0.25, 0.3) is 66.1 Å². The van der Waals surface area contributed by atoms with E-state index in [4.69, 9.17) is 29.9 Å². The first-order chi connectivity index (χ1) is 26.7. The van der Waals surface area contributed by atoms with Crippen molar-refractivity contribution in [3.05, 3.63) is 97.1 Å². The third-order valence-electron chi connectivity index (χ3n) is 11.4. The van der Waals surface area contributed by atoms with E-state index in [0.29, 0.717) is 0 Å². The third-order valence-corrected chi connectivity index (χ3v) is 11.4. The Labute approximate surface area is 313 Å². The lowest BCUT2D eigenvalue weighted by molar-refractivity contribution is 0.359. The molecule has 0 unspecified atom stereocenters. The van der Waals surface area contributed by atoms with E-state index in [1.165, 1.54) is 0 Å². The minimum Gasteiger partial charge on any atom is -0.342 e. The standard InChI is InChI=1S/C44H40N10/c1-21-45-43-51(23-1)25-3-27-53(43)37-19-15-33-11-9-31-13-17-35(47-39(31)41(33)49-37)29-5-7-30(8-6-29)36-18-14-32-10-12-34-16-20-38(50-42(34)40(32)48-36)54-28-4-26-52-24-2-22-46-44(52)54/h5-20H,1-4,21-28H2. The number of fused-ring (bicyclic) bond motifs is 8. The molecule has 0 bridgehead atoms. The van der Waals surface area contributed by atoms with Crippen molar-refractivity contribution in [3.8, 4) is 22.5 Å². The average Bonchev–Trinajstić information content (AvgIpc) is 3.25. The van der Waals surface area contributed by atoms with Gasteiger partial charge in [-0.05, 0) is 62.1 Å². The first-order valence-corrected chi connectivity index (χ1v) is 19.4. The normalized spacial score (nSPS) is 17.6. The van der Waals surface area contributed by atoms with Crippen LogP contribution in [0.15, 0.2) is 107 Å². The number of nitrogens with zero attached hydrogens (tertiary/aromatic N) is 10. The molecule has 0 radical (unpaired) electrons. The number of aliphatic imine (C=N–C) groups is 2. The number of rotatable bonds is 4. The van der Waals surface area contributed by atoms with Crippen molar-refractivity contribution in [2.75, 3.05) is 62.2 Å². The fraction of sp³-hybridized carbons (Fsp3) is 0.273. The van der Waals surface area contributed by atoms with Gasteiger partial charge in [-0.15, -0.1) is 0 Å². The zero-order valence-electron chi connectivity index (χ0n) is 30.2. The summed E-state index contributed by atoms with van der Waals surface area (Å²) in [5.41, 5.74) is 7.62. The van der Waals surface area contributed by atoms with Gasteiger partial charge in [0.2, 0.25) is 11.9 Å². The van der Waals surface area contributed by atoms with Gasteiger partial charge in [-0.3, -0.25) is 19.8 Å². The molecule has 266 valence electrons. The van der Waals surface area contributed by atoms with E-state index in [1.807, 2.05) is 0 Å². The highest BCUT2D eigenvalue weighted by Crippen LogP contribution is 2.32. The van der Waals surface area contributed by atoms with Gasteiger partial charge in [0, 0.05) is 85.0 Å². The Morgan fingerprint density at radius 2 is 0.722 bits per heavy atom. The molecule has 2 fully saturated rings. The lowest BCUT2D eigenvalue weighted by Crippen LogP contribution is -2.52. The first-order valence-electron chi connectivity index (χ1n) is 19.4. The van der Waals surface area contributed by atoms with Crippen molar-refractivity contribution in [1.29, 1.82) is 0 Å². The number of benzene rings is 3. The van der Waals surface area contributed by atoms with Crippen LogP contribution in [-0.4, -0.2) is 94.0 Å². The summed E-state index contributed by atoms with van der Waals surface area (Å²) in [5, 5.41) is 4.33. The van der Waals surface area contributed by atoms with Crippen molar-refractivity contribution in [2.24, 2.45) is 9.98 Å². The van der Waals surface area contributed by atoms with Crippen LogP contribution in [0.5, 0.6) is 0 Å². The van der Waals surface area contributed by atoms with Crippen LogP contribution in [0, 0.1) is 0 Å². The highest BCUT2D eigenvalue weighted by molar-refractivity contribution is 6.06. The Bertz CT molecular complexity index is 2480. The van der Waals surface area contributed by atoms with Gasteiger partial charge in [0.15, 0.2) is 0 Å². The van der Waals surface area contributed by atoms with E-state index in [-0.39, 0.29) is 0 Å². The minimum absolute atomic E-state index is 0.878. The van der Waals surface area contributed by atoms with E-state index in [2.05, 4.69) is 117 Å². The lowest BCUT2D eigenvalue weighted by Gasteiger charge is -2.40. The second kappa shape index (κ2) is 12.8. The van der Waals surface area contributed by atoms with Gasteiger partial charge in [-0.2, -0.15) is 0 Å². The minimum atomic E-state index is 0.878. The largest absolute Gasteiger partial charge is 0.342 e. The van der Waals surface area contributed by atoms with E-state index in [1.54, 1.807) is 0 Å². The van der Waals surface area contributed by atoms with Gasteiger partial charge in [-0.25, -0.2) is 19.9 Å². The second-order valence-electron chi connectivity index (χ2n) is 14.8. The quantitative estimate of drug-likeness (QED) is 0.172. The number of guanidine groups is 2. The molecule has 10 heteroatoms. The lowest BCUT2D eigenvalue weighted by atomic mass is 10.0. The summed E-state index contributed by atoms with van der Waals surface area (Å²) in [5.74, 6) is 4.01. The topological polar surface area (TPSA) is 89.2 Å². The van der Waals surface area contributed by atoms with Gasteiger partial charge in [0.1, 0.15) is 11.6 Å². The molecule has 0 N–H and O–H groups in total. The predicted molar refractivity (Wildman–Crippen MR) is 219 cm³/mol. The number of pyridine rings is 4. The number of aromatic nitrogens is 4. The summed E-state index contributed by atoms with van der Waals surface area (Å²) in [7, 11) is 0. The highest BCUT2D eigenvalue weighted by atomic mass is 15.4. The number of hydrogen-bond donors (Lipinski definition) is 0. The summed E-state index contributed by atoms with van der Waals surface area (Å²) < 4.78 is 0. The van der Waals surface area contributed by atoms with E-state index in [9.17, 15) is 0 Å². The summed E-state index contributed by atoms with van der Waals surface area (Å²) in [6, 6.07) is 34.3. The zero-order chi connectivity index (χ0) is 35.6. The van der Waals surface area contributed by atoms with Crippen LogP contribution >= 0.6 is 0 Å². The molecule has 4 aliphatic rings. The summed E-state index contributed by atoms with van der Waals surface area (Å²) in [6.45, 7) is 7.87. The Morgan fingerprint density at radius 1 is 0.352 bits per heavy atom. The monoisotopic (exact) mass is 708 g/mol. The Balaban J connectivity index is 0.928. The maximum Gasteiger partial charge on any atom is 0.202 e. The van der Waals surface area contributed by atoms with Crippen molar-refractivity contribution in [2.45, 2.75) is 25.7 Å². The van der Waals surface area contributed by atoms with Crippen molar-refractivity contribution >= 4 is 67.2 Å². The highest BCUT2D eigenvalue weighted by Gasteiger charge is 2.29. The van der Waals surface area contributed by atoms with Crippen LogP contribution in [0.4, 0.5) is 11.6 Å². The summed E-state index contributed by atoms with van der Waals surface area (Å²) >= 11 is 0. The summed E-state index contributed by atoms with van der Waals surface area (Å²) in [4.78, 5) is 40.1. The second-order valence-corrected chi connectivity index (χ2v) is 14.8. The molecule has 54 heavy (non-hydrogen) atoms. The zero-order valence-corrected chi connectivity index (χ0v) is 30.2. The molecule has 0 saturated carbocycles. The van der Waals surface area contributed by atoms with Gasteiger partial charge >= 0.3 is 0 Å². The van der Waals surface area contributed by atoms with Crippen LogP contribution < -0.4 is 9.80 Å². The molecule has 0 spiro atoms. The van der Waals surface area contributed by atoms with Crippen LogP contribution in [-0.2, 0) is 0 Å². The molecule has 0 amide bonds. The van der Waals surface area contributed by atoms with Gasteiger partial charge in [0.25, 0.3) is 0 Å².